The summed E-state index contributed by atoms with van der Waals surface area (Å²) in [6.07, 6.45) is 0.582. The number of esters is 1. The van der Waals surface area contributed by atoms with E-state index in [-0.39, 0.29) is 21.6 Å². The van der Waals surface area contributed by atoms with Crippen molar-refractivity contribution in [1.82, 2.24) is 0 Å². The van der Waals surface area contributed by atoms with Crippen LogP contribution in [0.5, 0.6) is 0 Å². The van der Waals surface area contributed by atoms with Gasteiger partial charge in [-0.3, -0.25) is 18.4 Å². The van der Waals surface area contributed by atoms with Crippen LogP contribution >= 0.6 is 7.82 Å². The van der Waals surface area contributed by atoms with Crippen molar-refractivity contribution in [1.29, 1.82) is 0 Å². The van der Waals surface area contributed by atoms with E-state index in [9.17, 15) is 14.3 Å². The molecule has 0 fully saturated rings. The average molecular weight is 332 g/mol. The summed E-state index contributed by atoms with van der Waals surface area (Å²) in [7, 11) is 0.854. The third-order valence-electron chi connectivity index (χ3n) is 2.44. The van der Waals surface area contributed by atoms with Crippen LogP contribution in [0, 0.1) is 5.41 Å². The summed E-state index contributed by atoms with van der Waals surface area (Å²) in [6, 6.07) is 0. The Labute approximate surface area is 129 Å². The van der Waals surface area contributed by atoms with Gasteiger partial charge in [0.25, 0.3) is 7.82 Å². The van der Waals surface area contributed by atoms with E-state index in [4.69, 9.17) is 4.74 Å². The molecule has 0 saturated heterocycles. The zero-order chi connectivity index (χ0) is 15.3. The van der Waals surface area contributed by atoms with E-state index in [1.165, 1.54) is 0 Å². The molecule has 21 heavy (non-hydrogen) atoms. The quantitative estimate of drug-likeness (QED) is 0.169. The van der Waals surface area contributed by atoms with E-state index in [2.05, 4.69) is 9.05 Å². The topological polar surface area (TPSA) is 84.9 Å². The van der Waals surface area contributed by atoms with E-state index in [1.807, 2.05) is 6.92 Å². The first kappa shape index (κ1) is 25.5. The van der Waals surface area contributed by atoms with E-state index >= 15 is 0 Å². The molecule has 0 heterocycles. The molecule has 0 aromatic carbocycles. The number of carbonyl (C=O) groups excluding carboxylic acids is 1. The lowest BCUT2D eigenvalue weighted by atomic mass is 9.91. The predicted molar refractivity (Wildman–Crippen MR) is 81.2 cm³/mol. The summed E-state index contributed by atoms with van der Waals surface area (Å²) in [4.78, 5) is 22.9. The molecule has 0 rings (SSSR count). The fourth-order valence-corrected chi connectivity index (χ4v) is 1.51. The maximum absolute atomic E-state index is 11.6. The number of phosphoric acid groups is 1. The van der Waals surface area contributed by atoms with Gasteiger partial charge in [0.2, 0.25) is 0 Å². The number of quaternary nitrogens is 1. The van der Waals surface area contributed by atoms with Gasteiger partial charge in [0, 0.05) is 0 Å². The summed E-state index contributed by atoms with van der Waals surface area (Å²) in [6.45, 7) is 4.53. The van der Waals surface area contributed by atoms with Gasteiger partial charge >= 0.3 is 5.97 Å². The zero-order valence-corrected chi connectivity index (χ0v) is 13.4. The number of ether oxygens (including phenoxy) is 1. The molecule has 1 unspecified atom stereocenters. The fraction of sp³-hybridized carbons (Fsp3) is 0.923. The number of hydrogen-bond acceptors (Lipinski definition) is 6. The lowest BCUT2D eigenvalue weighted by molar-refractivity contribution is -0.887. The van der Waals surface area contributed by atoms with E-state index in [0.717, 1.165) is 0 Å². The molecule has 0 aliphatic rings. The molecule has 0 radical (unpaired) electrons. The zero-order valence-electron chi connectivity index (χ0n) is 12.5. The van der Waals surface area contributed by atoms with Crippen molar-refractivity contribution < 1.29 is 32.5 Å². The van der Waals surface area contributed by atoms with Crippen LogP contribution in [0.25, 0.3) is 0 Å². The molecule has 0 N–H and O–H groups in total. The van der Waals surface area contributed by atoms with Gasteiger partial charge in [0.1, 0.15) is 0 Å². The molecule has 0 saturated carbocycles. The standard InChI is InChI=1S/C11H24NO6P.2CH4/c1-7-11(2,3)10(13)16-9-18-19(14,15)17-8-12(4,5)6;;/h7-9H2,1-6H3;2*1H4/i4+1,5+1,12+1;;. The van der Waals surface area contributed by atoms with Gasteiger partial charge < -0.3 is 14.1 Å². The van der Waals surface area contributed by atoms with Gasteiger partial charge in [-0.2, -0.15) is 0 Å². The monoisotopic (exact) mass is 332 g/mol. The number of carbonyl (C=O) groups is 1. The molecule has 0 amide bonds. The smallest absolute Gasteiger partial charge is 0.313 e. The van der Waals surface area contributed by atoms with E-state index in [0.29, 0.717) is 10.9 Å². The summed E-state index contributed by atoms with van der Waals surface area (Å²) < 4.78 is 25.5. The summed E-state index contributed by atoms with van der Waals surface area (Å²) in [5, 5.41) is 0. The van der Waals surface area contributed by atoms with Crippen LogP contribution in [0.3, 0.4) is 0 Å². The number of rotatable bonds is 8. The minimum absolute atomic E-state index is 0. The van der Waals surface area contributed by atoms with E-state index in [1.54, 1.807) is 35.0 Å². The first-order chi connectivity index (χ1) is 8.40. The van der Waals surface area contributed by atoms with Crippen LogP contribution < -0.4 is 4.89 Å². The molecule has 8 heteroatoms. The minimum atomic E-state index is -4.45. The molecule has 0 aliphatic heterocycles. The van der Waals surface area contributed by atoms with Crippen LogP contribution in [0.15, 0.2) is 0 Å². The third kappa shape index (κ3) is 11.8. The Balaban J connectivity index is -0.00000162. The number of nitrogens with zero attached hydrogens (tertiary/aromatic N) is 1. The lowest BCUT2D eigenvalue weighted by Crippen LogP contribution is -2.37. The first-order valence-corrected chi connectivity index (χ1v) is 7.43. The average Bonchev–Trinajstić information content (AvgIpc) is 2.25. The van der Waals surface area contributed by atoms with Crippen molar-refractivity contribution >= 4 is 13.8 Å². The van der Waals surface area contributed by atoms with Gasteiger partial charge in [0.15, 0.2) is 13.5 Å². The second-order valence-corrected chi connectivity index (χ2v) is 7.32. The number of phosphoric ester groups is 1. The Morgan fingerprint density at radius 1 is 1.19 bits per heavy atom. The SMILES string of the molecule is C.C.CCC(C)(C)C(=O)OCOP(=O)([O-])OC[15N+](C)([13CH3])[13CH3]. The van der Waals surface area contributed by atoms with Gasteiger partial charge in [-0.05, 0) is 20.3 Å². The predicted octanol–water partition coefficient (Wildman–Crippen LogP) is 2.36. The fourth-order valence-electron chi connectivity index (χ4n) is 0.765. The minimum Gasteiger partial charge on any atom is -0.756 e. The molecule has 130 valence electrons. The van der Waals surface area contributed by atoms with Crippen LogP contribution in [0.1, 0.15) is 42.0 Å². The Bertz CT molecular complexity index is 351. The first-order valence-electron chi connectivity index (χ1n) is 5.97. The van der Waals surface area contributed by atoms with Gasteiger partial charge in [0.05, 0.1) is 26.6 Å². The Morgan fingerprint density at radius 2 is 1.67 bits per heavy atom. The Kier molecular flexibility index (Phi) is 11.6. The molecule has 7 nitrogen and oxygen atoms in total. The molecular formula is C13H32NO6P. The molecular weight excluding hydrogens is 300 g/mol. The molecule has 0 aliphatic carbocycles. The van der Waals surface area contributed by atoms with Crippen LogP contribution in [-0.2, 0) is 23.1 Å². The highest BCUT2D eigenvalue weighted by Crippen LogP contribution is 2.38. The normalized spacial score (nSPS) is 14.4. The van der Waals surface area contributed by atoms with Crippen LogP contribution in [-0.4, -0.2) is 45.1 Å². The van der Waals surface area contributed by atoms with Gasteiger partial charge in [-0.1, -0.05) is 21.8 Å². The van der Waals surface area contributed by atoms with Gasteiger partial charge in [-0.25, -0.2) is 0 Å². The Hall–Kier alpha value is -0.460. The van der Waals surface area contributed by atoms with Crippen molar-refractivity contribution in [3.05, 3.63) is 0 Å². The van der Waals surface area contributed by atoms with Crippen molar-refractivity contribution in [2.24, 2.45) is 5.41 Å². The van der Waals surface area contributed by atoms with Crippen molar-refractivity contribution in [2.75, 3.05) is 34.7 Å². The molecule has 0 aromatic heterocycles. The largest absolute Gasteiger partial charge is 0.756 e. The maximum atomic E-state index is 11.6. The second kappa shape index (κ2) is 9.54. The Morgan fingerprint density at radius 3 is 2.05 bits per heavy atom. The van der Waals surface area contributed by atoms with Crippen LogP contribution in [0.4, 0.5) is 0 Å². The third-order valence-corrected chi connectivity index (χ3v) is 3.29. The molecule has 1 atom stereocenters. The summed E-state index contributed by atoms with van der Waals surface area (Å²) >= 11 is 0. The number of hydrogen-bond donors (Lipinski definition) is 0. The second-order valence-electron chi connectivity index (χ2n) is 5.91. The van der Waals surface area contributed by atoms with Crippen LogP contribution in [0.2, 0.25) is 0 Å². The van der Waals surface area contributed by atoms with E-state index < -0.39 is 26.0 Å². The summed E-state index contributed by atoms with van der Waals surface area (Å²) in [5.41, 5.74) is -0.667. The molecule has 0 bridgehead atoms. The molecule has 0 spiro atoms. The lowest BCUT2D eigenvalue weighted by Gasteiger charge is -2.29. The highest BCUT2D eigenvalue weighted by Gasteiger charge is 2.27. The maximum Gasteiger partial charge on any atom is 0.313 e. The van der Waals surface area contributed by atoms with Crippen molar-refractivity contribution in [2.45, 2.75) is 42.0 Å². The van der Waals surface area contributed by atoms with Gasteiger partial charge in [-0.15, -0.1) is 0 Å². The highest BCUT2D eigenvalue weighted by atomic mass is 31.2. The molecule has 0 aromatic rings. The highest BCUT2D eigenvalue weighted by molar-refractivity contribution is 7.45. The summed E-state index contributed by atoms with van der Waals surface area (Å²) in [5.74, 6) is -0.512. The van der Waals surface area contributed by atoms with Crippen molar-refractivity contribution in [3.63, 3.8) is 0 Å². The van der Waals surface area contributed by atoms with Crippen molar-refractivity contribution in [3.8, 4) is 0 Å².